The first-order valence-corrected chi connectivity index (χ1v) is 11.7. The van der Waals surface area contributed by atoms with Crippen LogP contribution >= 0.6 is 0 Å². The molecule has 3 aromatic rings. The molecule has 2 aromatic heterocycles. The lowest BCUT2D eigenvalue weighted by Gasteiger charge is -2.17. The molecular weight excluding hydrogens is 459 g/mol. The van der Waals surface area contributed by atoms with Crippen molar-refractivity contribution in [3.05, 3.63) is 70.7 Å². The summed E-state index contributed by atoms with van der Waals surface area (Å²) in [6, 6.07) is 7.88. The van der Waals surface area contributed by atoms with Crippen LogP contribution in [0.5, 0.6) is 5.75 Å². The number of ether oxygens (including phenoxy) is 1. The van der Waals surface area contributed by atoms with Crippen LogP contribution in [-0.2, 0) is 30.2 Å². The highest BCUT2D eigenvalue weighted by Gasteiger charge is 2.30. The summed E-state index contributed by atoms with van der Waals surface area (Å²) in [6.45, 7) is 6.50. The topological polar surface area (TPSA) is 77.2 Å². The van der Waals surface area contributed by atoms with Crippen molar-refractivity contribution in [2.45, 2.75) is 65.0 Å². The highest BCUT2D eigenvalue weighted by Crippen LogP contribution is 2.31. The van der Waals surface area contributed by atoms with Gasteiger partial charge in [0.05, 0.1) is 24.3 Å². The molecular formula is C26H30F3N3O3. The average Bonchev–Trinajstić information content (AvgIpc) is 3.19. The third-order valence-electron chi connectivity index (χ3n) is 5.60. The molecule has 0 aliphatic rings. The van der Waals surface area contributed by atoms with Crippen molar-refractivity contribution in [2.24, 2.45) is 0 Å². The Morgan fingerprint density at radius 3 is 2.51 bits per heavy atom. The number of aromatic nitrogens is 3. The average molecular weight is 490 g/mol. The van der Waals surface area contributed by atoms with E-state index in [1.54, 1.807) is 12.3 Å². The van der Waals surface area contributed by atoms with Crippen LogP contribution in [0.3, 0.4) is 0 Å². The van der Waals surface area contributed by atoms with E-state index < -0.39 is 17.7 Å². The minimum Gasteiger partial charge on any atom is -0.493 e. The fourth-order valence-corrected chi connectivity index (χ4v) is 3.88. The van der Waals surface area contributed by atoms with Crippen molar-refractivity contribution < 1.29 is 27.8 Å². The Bertz CT molecular complexity index is 1140. The first-order chi connectivity index (χ1) is 16.6. The molecule has 0 aliphatic carbocycles. The van der Waals surface area contributed by atoms with Crippen molar-refractivity contribution in [3.63, 3.8) is 0 Å². The van der Waals surface area contributed by atoms with Gasteiger partial charge in [-0.05, 0) is 48.4 Å². The van der Waals surface area contributed by atoms with E-state index in [4.69, 9.17) is 4.74 Å². The van der Waals surface area contributed by atoms with Gasteiger partial charge in [0.25, 0.3) is 0 Å². The predicted molar refractivity (Wildman–Crippen MR) is 126 cm³/mol. The predicted octanol–water partition coefficient (Wildman–Crippen LogP) is 6.00. The van der Waals surface area contributed by atoms with Crippen LogP contribution in [-0.4, -0.2) is 32.4 Å². The van der Waals surface area contributed by atoms with Gasteiger partial charge in [-0.1, -0.05) is 45.4 Å². The highest BCUT2D eigenvalue weighted by atomic mass is 19.4. The van der Waals surface area contributed by atoms with Crippen LogP contribution in [0.15, 0.2) is 42.7 Å². The van der Waals surface area contributed by atoms with Gasteiger partial charge in [0.1, 0.15) is 5.75 Å². The molecule has 9 heteroatoms. The quantitative estimate of drug-likeness (QED) is 0.334. The first kappa shape index (κ1) is 26.2. The molecule has 188 valence electrons. The molecule has 0 spiro atoms. The van der Waals surface area contributed by atoms with Crippen molar-refractivity contribution in [2.75, 3.05) is 6.61 Å². The summed E-state index contributed by atoms with van der Waals surface area (Å²) in [6.07, 6.45) is 1.01. The largest absolute Gasteiger partial charge is 0.493 e. The zero-order valence-electron chi connectivity index (χ0n) is 20.1. The summed E-state index contributed by atoms with van der Waals surface area (Å²) in [5.41, 5.74) is 2.68. The Morgan fingerprint density at radius 1 is 1.14 bits per heavy atom. The highest BCUT2D eigenvalue weighted by molar-refractivity contribution is 5.71. The second-order valence-corrected chi connectivity index (χ2v) is 8.71. The van der Waals surface area contributed by atoms with E-state index in [1.807, 2.05) is 32.9 Å². The van der Waals surface area contributed by atoms with Crippen molar-refractivity contribution >= 4 is 5.97 Å². The van der Waals surface area contributed by atoms with Gasteiger partial charge in [-0.15, -0.1) is 0 Å². The molecule has 2 heterocycles. The lowest BCUT2D eigenvalue weighted by atomic mass is 9.97. The third kappa shape index (κ3) is 6.83. The van der Waals surface area contributed by atoms with Crippen molar-refractivity contribution in [1.82, 2.24) is 14.8 Å². The Hall–Kier alpha value is -3.36. The van der Waals surface area contributed by atoms with E-state index in [-0.39, 0.29) is 12.3 Å². The van der Waals surface area contributed by atoms with Gasteiger partial charge in [-0.25, -0.2) is 9.67 Å². The molecule has 35 heavy (non-hydrogen) atoms. The molecule has 3 rings (SSSR count). The maximum absolute atomic E-state index is 12.8. The summed E-state index contributed by atoms with van der Waals surface area (Å²) in [5, 5.41) is 13.8. The Balaban J connectivity index is 1.72. The zero-order chi connectivity index (χ0) is 25.6. The lowest BCUT2D eigenvalue weighted by molar-refractivity contribution is -0.138. The number of carbonyl (C=O) groups is 1. The number of pyridine rings is 1. The first-order valence-electron chi connectivity index (χ1n) is 11.7. The summed E-state index contributed by atoms with van der Waals surface area (Å²) >= 11 is 0. The summed E-state index contributed by atoms with van der Waals surface area (Å²) in [4.78, 5) is 15.2. The second-order valence-electron chi connectivity index (χ2n) is 8.71. The number of carboxylic acid groups (broad SMARTS) is 1. The number of aliphatic carboxylic acids is 1. The van der Waals surface area contributed by atoms with E-state index >= 15 is 0 Å². The van der Waals surface area contributed by atoms with E-state index in [9.17, 15) is 23.1 Å². The van der Waals surface area contributed by atoms with Crippen molar-refractivity contribution in [1.29, 1.82) is 0 Å². The molecule has 0 saturated heterocycles. The normalized spacial score (nSPS) is 11.7. The molecule has 0 atom stereocenters. The Morgan fingerprint density at radius 2 is 1.91 bits per heavy atom. The van der Waals surface area contributed by atoms with Crippen LogP contribution < -0.4 is 4.74 Å². The summed E-state index contributed by atoms with van der Waals surface area (Å²) in [7, 11) is 0. The number of alkyl halides is 3. The Kier molecular flexibility index (Phi) is 8.53. The van der Waals surface area contributed by atoms with E-state index in [1.165, 1.54) is 10.7 Å². The number of hydrogen-bond acceptors (Lipinski definition) is 4. The molecule has 0 unspecified atom stereocenters. The van der Waals surface area contributed by atoms with Gasteiger partial charge >= 0.3 is 12.1 Å². The smallest absolute Gasteiger partial charge is 0.417 e. The van der Waals surface area contributed by atoms with Gasteiger partial charge in [0.15, 0.2) is 5.82 Å². The standard InChI is InChI=1S/C26H30F3N3O3/c1-4-7-22-19(16-32(31-22)23-12-11-20(15-30-23)26(27,28)29)9-6-13-35-25-18(14-24(33)34)8-5-10-21(25)17(2)3/h5,8,10-12,15-17H,4,6-7,9,13-14H2,1-3H3,(H,33,34). The maximum atomic E-state index is 12.8. The molecule has 0 amide bonds. The molecule has 6 nitrogen and oxygen atoms in total. The van der Waals surface area contributed by atoms with Crippen LogP contribution in [0.25, 0.3) is 5.82 Å². The SMILES string of the molecule is CCCc1nn(-c2ccc(C(F)(F)F)cn2)cc1CCCOc1c(CC(=O)O)cccc1C(C)C. The minimum atomic E-state index is -4.44. The van der Waals surface area contributed by atoms with E-state index in [0.29, 0.717) is 36.6 Å². The molecule has 0 bridgehead atoms. The molecule has 1 aromatic carbocycles. The number of rotatable bonds is 11. The molecule has 0 radical (unpaired) electrons. The number of hydrogen-bond donors (Lipinski definition) is 1. The number of para-hydroxylation sites is 1. The minimum absolute atomic E-state index is 0.108. The number of halogens is 3. The van der Waals surface area contributed by atoms with E-state index in [0.717, 1.165) is 41.9 Å². The van der Waals surface area contributed by atoms with Gasteiger partial charge in [-0.3, -0.25) is 4.79 Å². The molecule has 0 aliphatic heterocycles. The summed E-state index contributed by atoms with van der Waals surface area (Å²) < 4.78 is 46.1. The van der Waals surface area contributed by atoms with E-state index in [2.05, 4.69) is 10.1 Å². The van der Waals surface area contributed by atoms with Crippen LogP contribution in [0.4, 0.5) is 13.2 Å². The second kappa shape index (κ2) is 11.4. The van der Waals surface area contributed by atoms with Gasteiger partial charge < -0.3 is 9.84 Å². The lowest BCUT2D eigenvalue weighted by Crippen LogP contribution is -2.08. The molecule has 0 fully saturated rings. The summed E-state index contributed by atoms with van der Waals surface area (Å²) in [5.74, 6) is 0.221. The Labute approximate surface area is 202 Å². The maximum Gasteiger partial charge on any atom is 0.417 e. The number of carboxylic acids is 1. The van der Waals surface area contributed by atoms with Crippen LogP contribution in [0, 0.1) is 0 Å². The fourth-order valence-electron chi connectivity index (χ4n) is 3.88. The third-order valence-corrected chi connectivity index (χ3v) is 5.60. The van der Waals surface area contributed by atoms with Gasteiger partial charge in [-0.2, -0.15) is 18.3 Å². The monoisotopic (exact) mass is 489 g/mol. The van der Waals surface area contributed by atoms with Gasteiger partial charge in [0, 0.05) is 18.0 Å². The molecule has 0 saturated carbocycles. The zero-order valence-corrected chi connectivity index (χ0v) is 20.1. The molecule has 1 N–H and O–H groups in total. The van der Waals surface area contributed by atoms with Crippen molar-refractivity contribution in [3.8, 4) is 11.6 Å². The van der Waals surface area contributed by atoms with Crippen LogP contribution in [0.1, 0.15) is 67.5 Å². The van der Waals surface area contributed by atoms with Gasteiger partial charge in [0.2, 0.25) is 0 Å². The number of nitrogens with zero attached hydrogens (tertiary/aromatic N) is 3. The number of benzene rings is 1. The fraction of sp³-hybridized carbons (Fsp3) is 0.423. The number of aryl methyl sites for hydroxylation is 2. The van der Waals surface area contributed by atoms with Crippen LogP contribution in [0.2, 0.25) is 0 Å².